The molecule has 4 rings (SSSR count). The third-order valence-corrected chi connectivity index (χ3v) is 7.57. The molecule has 0 saturated heterocycles. The Morgan fingerprint density at radius 3 is 2.37 bits per heavy atom. The number of carboxylic acids is 1. The van der Waals surface area contributed by atoms with Crippen molar-refractivity contribution in [3.05, 3.63) is 58.2 Å². The van der Waals surface area contributed by atoms with Crippen LogP contribution in [0.25, 0.3) is 0 Å². The molecular weight excluding hydrogens is 332 g/mol. The minimum absolute atomic E-state index is 0.250. The number of fused-ring (bicyclic) bond motifs is 2. The van der Waals surface area contributed by atoms with E-state index in [4.69, 9.17) is 5.11 Å². The second-order valence-electron chi connectivity index (χ2n) is 10.4. The first kappa shape index (κ1) is 18.5. The van der Waals surface area contributed by atoms with E-state index in [1.54, 1.807) is 5.56 Å². The lowest BCUT2D eigenvalue weighted by atomic mass is 9.62. The van der Waals surface area contributed by atoms with Crippen molar-refractivity contribution < 1.29 is 9.90 Å². The van der Waals surface area contributed by atoms with Crippen molar-refractivity contribution in [2.75, 3.05) is 0 Å². The largest absolute Gasteiger partial charge is 0.478 e. The van der Waals surface area contributed by atoms with E-state index < -0.39 is 5.97 Å². The summed E-state index contributed by atoms with van der Waals surface area (Å²) in [5.74, 6) is -0.253. The summed E-state index contributed by atoms with van der Waals surface area (Å²) in [6, 6.07) is 7.33. The van der Waals surface area contributed by atoms with Gasteiger partial charge in [-0.15, -0.1) is 0 Å². The van der Waals surface area contributed by atoms with Gasteiger partial charge in [-0.1, -0.05) is 57.5 Å². The number of carbonyl (C=O) groups is 1. The van der Waals surface area contributed by atoms with Crippen LogP contribution >= 0.6 is 0 Å². The van der Waals surface area contributed by atoms with Crippen molar-refractivity contribution in [2.24, 2.45) is 5.92 Å². The maximum absolute atomic E-state index is 10.9. The van der Waals surface area contributed by atoms with Gasteiger partial charge >= 0.3 is 5.97 Å². The average Bonchev–Trinajstić information content (AvgIpc) is 3.22. The topological polar surface area (TPSA) is 37.3 Å². The van der Waals surface area contributed by atoms with Gasteiger partial charge < -0.3 is 5.11 Å². The zero-order chi connectivity index (χ0) is 19.6. The lowest BCUT2D eigenvalue weighted by molar-refractivity contribution is -0.131. The monoisotopic (exact) mass is 364 g/mol. The molecule has 1 aromatic carbocycles. The van der Waals surface area contributed by atoms with Crippen LogP contribution < -0.4 is 0 Å². The standard InChI is InChI=1S/C25H32O2/c1-16(13-22(26)27)12-17-8-9-25(15-21(17)25)18-6-7-19-20(14-18)24(4,5)11-10-23(19,2)3/h6-7,12-14,21H,8-11,15H2,1-5H3,(H,26,27). The molecule has 0 amide bonds. The summed E-state index contributed by atoms with van der Waals surface area (Å²) in [6.07, 6.45) is 9.47. The van der Waals surface area contributed by atoms with E-state index in [9.17, 15) is 4.79 Å². The van der Waals surface area contributed by atoms with E-state index in [-0.39, 0.29) is 10.8 Å². The Morgan fingerprint density at radius 1 is 1.07 bits per heavy atom. The molecule has 2 atom stereocenters. The molecule has 2 heteroatoms. The number of hydrogen-bond donors (Lipinski definition) is 1. The van der Waals surface area contributed by atoms with Crippen molar-refractivity contribution in [3.63, 3.8) is 0 Å². The molecule has 0 aromatic heterocycles. The van der Waals surface area contributed by atoms with Gasteiger partial charge in [-0.25, -0.2) is 4.79 Å². The molecule has 0 aliphatic heterocycles. The molecule has 2 unspecified atom stereocenters. The maximum atomic E-state index is 10.9. The zero-order valence-corrected chi connectivity index (χ0v) is 17.4. The maximum Gasteiger partial charge on any atom is 0.328 e. The highest BCUT2D eigenvalue weighted by molar-refractivity contribution is 5.81. The number of aliphatic carboxylic acids is 1. The van der Waals surface area contributed by atoms with Crippen LogP contribution in [-0.2, 0) is 21.0 Å². The van der Waals surface area contributed by atoms with Crippen molar-refractivity contribution in [3.8, 4) is 0 Å². The fourth-order valence-electron chi connectivity index (χ4n) is 5.67. The SMILES string of the molecule is CC(=CC(=O)O)C=C1CCC2(c3ccc4c(c3)C(C)(C)CCC4(C)C)CC12. The molecule has 0 bridgehead atoms. The lowest BCUT2D eigenvalue weighted by Gasteiger charge is -2.42. The Bertz CT molecular complexity index is 868. The van der Waals surface area contributed by atoms with Crippen LogP contribution in [0.4, 0.5) is 0 Å². The Labute approximate surface area is 163 Å². The number of rotatable bonds is 3. The average molecular weight is 365 g/mol. The molecule has 1 N–H and O–H groups in total. The van der Waals surface area contributed by atoms with Gasteiger partial charge in [-0.2, -0.15) is 0 Å². The minimum Gasteiger partial charge on any atom is -0.478 e. The molecule has 3 aliphatic carbocycles. The Kier molecular flexibility index (Phi) is 4.00. The zero-order valence-electron chi connectivity index (χ0n) is 17.4. The summed E-state index contributed by atoms with van der Waals surface area (Å²) in [6.45, 7) is 11.5. The predicted octanol–water partition coefficient (Wildman–Crippen LogP) is 6.04. The summed E-state index contributed by atoms with van der Waals surface area (Å²) in [7, 11) is 0. The van der Waals surface area contributed by atoms with Crippen LogP contribution in [-0.4, -0.2) is 11.1 Å². The van der Waals surface area contributed by atoms with Gasteiger partial charge in [0.2, 0.25) is 0 Å². The van der Waals surface area contributed by atoms with E-state index in [2.05, 4.69) is 52.0 Å². The normalized spacial score (nSPS) is 32.1. The van der Waals surface area contributed by atoms with Gasteiger partial charge in [0.05, 0.1) is 0 Å². The summed E-state index contributed by atoms with van der Waals surface area (Å²) < 4.78 is 0. The van der Waals surface area contributed by atoms with E-state index >= 15 is 0 Å². The number of hydrogen-bond acceptors (Lipinski definition) is 1. The Hall–Kier alpha value is -1.83. The summed E-state index contributed by atoms with van der Waals surface area (Å²) >= 11 is 0. The molecule has 3 aliphatic rings. The van der Waals surface area contributed by atoms with Crippen LogP contribution in [0.3, 0.4) is 0 Å². The first-order chi connectivity index (χ1) is 12.6. The molecule has 2 fully saturated rings. The van der Waals surface area contributed by atoms with Crippen molar-refractivity contribution in [1.29, 1.82) is 0 Å². The van der Waals surface area contributed by atoms with Gasteiger partial charge in [0.1, 0.15) is 0 Å². The van der Waals surface area contributed by atoms with Crippen LogP contribution in [0.5, 0.6) is 0 Å². The number of benzene rings is 1. The molecule has 1 aromatic rings. The fourth-order valence-corrected chi connectivity index (χ4v) is 5.67. The molecule has 144 valence electrons. The quantitative estimate of drug-likeness (QED) is 0.663. The van der Waals surface area contributed by atoms with Gasteiger partial charge in [-0.05, 0) is 78.0 Å². The van der Waals surface area contributed by atoms with Gasteiger partial charge in [0, 0.05) is 11.5 Å². The van der Waals surface area contributed by atoms with E-state index in [0.717, 1.165) is 12.0 Å². The van der Waals surface area contributed by atoms with E-state index in [1.807, 2.05) is 6.92 Å². The minimum atomic E-state index is -0.857. The summed E-state index contributed by atoms with van der Waals surface area (Å²) in [5.41, 5.74) is 7.72. The van der Waals surface area contributed by atoms with Crippen molar-refractivity contribution in [1.82, 2.24) is 0 Å². The molecule has 0 radical (unpaired) electrons. The second-order valence-corrected chi connectivity index (χ2v) is 10.4. The summed E-state index contributed by atoms with van der Waals surface area (Å²) in [4.78, 5) is 10.9. The van der Waals surface area contributed by atoms with Crippen LogP contribution in [0.2, 0.25) is 0 Å². The third kappa shape index (κ3) is 2.98. The molecule has 0 heterocycles. The molecule has 2 nitrogen and oxygen atoms in total. The first-order valence-corrected chi connectivity index (χ1v) is 10.3. The molecular formula is C25H32O2. The Morgan fingerprint density at radius 2 is 1.74 bits per heavy atom. The van der Waals surface area contributed by atoms with Crippen molar-refractivity contribution >= 4 is 5.97 Å². The number of carboxylic acid groups (broad SMARTS) is 1. The number of allylic oxidation sites excluding steroid dienone is 3. The highest BCUT2D eigenvalue weighted by Gasteiger charge is 2.60. The lowest BCUT2D eigenvalue weighted by Crippen LogP contribution is -2.34. The van der Waals surface area contributed by atoms with Crippen molar-refractivity contribution in [2.45, 2.75) is 83.0 Å². The van der Waals surface area contributed by atoms with E-state index in [1.165, 1.54) is 48.5 Å². The molecule has 0 spiro atoms. The smallest absolute Gasteiger partial charge is 0.328 e. The molecule has 27 heavy (non-hydrogen) atoms. The van der Waals surface area contributed by atoms with Gasteiger partial charge in [0.25, 0.3) is 0 Å². The van der Waals surface area contributed by atoms with Crippen LogP contribution in [0.15, 0.2) is 41.5 Å². The first-order valence-electron chi connectivity index (χ1n) is 10.3. The Balaban J connectivity index is 1.67. The van der Waals surface area contributed by atoms with Gasteiger partial charge in [-0.3, -0.25) is 0 Å². The van der Waals surface area contributed by atoms with Gasteiger partial charge in [0.15, 0.2) is 0 Å². The fraction of sp³-hybridized carbons (Fsp3) is 0.560. The van der Waals surface area contributed by atoms with Crippen LogP contribution in [0.1, 0.15) is 83.4 Å². The highest BCUT2D eigenvalue weighted by atomic mass is 16.4. The van der Waals surface area contributed by atoms with E-state index in [0.29, 0.717) is 11.3 Å². The second kappa shape index (κ2) is 5.83. The predicted molar refractivity (Wildman–Crippen MR) is 110 cm³/mol. The summed E-state index contributed by atoms with van der Waals surface area (Å²) in [5, 5.41) is 8.96. The highest BCUT2D eigenvalue weighted by Crippen LogP contribution is 2.67. The molecule has 2 saturated carbocycles. The van der Waals surface area contributed by atoms with Crippen LogP contribution in [0, 0.1) is 5.92 Å². The third-order valence-electron chi connectivity index (χ3n) is 7.57.